The highest BCUT2D eigenvalue weighted by Gasteiger charge is 2.17. The molecule has 2 heterocycles. The van der Waals surface area contributed by atoms with Gasteiger partial charge >= 0.3 is 0 Å². The zero-order valence-electron chi connectivity index (χ0n) is 15.0. The Morgan fingerprint density at radius 3 is 2.62 bits per heavy atom. The van der Waals surface area contributed by atoms with Crippen molar-refractivity contribution in [3.63, 3.8) is 0 Å². The van der Waals surface area contributed by atoms with Crippen molar-refractivity contribution in [2.24, 2.45) is 0 Å². The second-order valence-corrected chi connectivity index (χ2v) is 6.61. The van der Waals surface area contributed by atoms with Crippen LogP contribution in [0.25, 0.3) is 0 Å². The molecular formula is C20H23N3O3. The molecule has 1 saturated heterocycles. The Hall–Kier alpha value is -2.73. The molecule has 6 nitrogen and oxygen atoms in total. The third kappa shape index (κ3) is 4.67. The van der Waals surface area contributed by atoms with Gasteiger partial charge in [-0.25, -0.2) is 0 Å². The quantitative estimate of drug-likeness (QED) is 0.866. The summed E-state index contributed by atoms with van der Waals surface area (Å²) in [5, 5.41) is 5.68. The summed E-state index contributed by atoms with van der Waals surface area (Å²) in [4.78, 5) is 28.8. The van der Waals surface area contributed by atoms with Gasteiger partial charge in [-0.15, -0.1) is 0 Å². The zero-order valence-corrected chi connectivity index (χ0v) is 15.0. The number of rotatable bonds is 5. The number of benzene rings is 1. The van der Waals surface area contributed by atoms with Crippen molar-refractivity contribution >= 4 is 17.5 Å². The van der Waals surface area contributed by atoms with Gasteiger partial charge < -0.3 is 15.4 Å². The number of nitrogens with one attached hydrogen (secondary N) is 2. The lowest BCUT2D eigenvalue weighted by molar-refractivity contribution is 0.0857. The normalized spacial score (nSPS) is 16.3. The summed E-state index contributed by atoms with van der Waals surface area (Å²) in [6.07, 6.45) is 3.53. The number of anilines is 1. The van der Waals surface area contributed by atoms with Crippen LogP contribution in [0.2, 0.25) is 0 Å². The zero-order chi connectivity index (χ0) is 18.5. The van der Waals surface area contributed by atoms with Gasteiger partial charge in [-0.3, -0.25) is 14.6 Å². The van der Waals surface area contributed by atoms with Gasteiger partial charge in [0.2, 0.25) is 0 Å². The van der Waals surface area contributed by atoms with Gasteiger partial charge in [0.15, 0.2) is 0 Å². The van der Waals surface area contributed by atoms with E-state index in [1.165, 1.54) is 12.3 Å². The number of nitrogens with zero attached hydrogens (tertiary/aromatic N) is 1. The predicted molar refractivity (Wildman–Crippen MR) is 99.4 cm³/mol. The van der Waals surface area contributed by atoms with Gasteiger partial charge in [-0.1, -0.05) is 6.07 Å². The first-order valence-electron chi connectivity index (χ1n) is 8.77. The Kier molecular flexibility index (Phi) is 5.63. The summed E-state index contributed by atoms with van der Waals surface area (Å²) >= 11 is 0. The van der Waals surface area contributed by atoms with Crippen LogP contribution in [0.4, 0.5) is 5.69 Å². The average molecular weight is 353 g/mol. The van der Waals surface area contributed by atoms with E-state index in [4.69, 9.17) is 4.74 Å². The van der Waals surface area contributed by atoms with E-state index in [2.05, 4.69) is 15.6 Å². The van der Waals surface area contributed by atoms with Gasteiger partial charge in [-0.2, -0.15) is 0 Å². The highest BCUT2D eigenvalue weighted by molar-refractivity contribution is 6.04. The number of amides is 2. The van der Waals surface area contributed by atoms with Crippen LogP contribution < -0.4 is 10.6 Å². The van der Waals surface area contributed by atoms with Crippen LogP contribution in [-0.2, 0) is 4.74 Å². The molecule has 0 saturated carbocycles. The lowest BCUT2D eigenvalue weighted by Gasteiger charge is -2.11. The van der Waals surface area contributed by atoms with Crippen LogP contribution in [0.3, 0.4) is 0 Å². The molecule has 1 fully saturated rings. The minimum atomic E-state index is -0.344. The highest BCUT2D eigenvalue weighted by atomic mass is 16.5. The minimum absolute atomic E-state index is 0.0770. The Balaban J connectivity index is 1.65. The lowest BCUT2D eigenvalue weighted by Crippen LogP contribution is -2.32. The van der Waals surface area contributed by atoms with E-state index in [0.29, 0.717) is 17.8 Å². The van der Waals surface area contributed by atoms with Crippen molar-refractivity contribution in [1.82, 2.24) is 10.3 Å². The number of aromatic nitrogens is 1. The Morgan fingerprint density at radius 1 is 1.15 bits per heavy atom. The summed E-state index contributed by atoms with van der Waals surface area (Å²) in [5.74, 6) is -0.577. The van der Waals surface area contributed by atoms with E-state index < -0.39 is 0 Å². The van der Waals surface area contributed by atoms with Crippen LogP contribution in [-0.4, -0.2) is 36.1 Å². The lowest BCUT2D eigenvalue weighted by atomic mass is 10.1. The molecule has 2 amide bonds. The van der Waals surface area contributed by atoms with Crippen molar-refractivity contribution < 1.29 is 14.3 Å². The molecule has 2 aromatic rings. The Labute approximate surface area is 153 Å². The van der Waals surface area contributed by atoms with E-state index in [9.17, 15) is 9.59 Å². The maximum absolute atomic E-state index is 12.5. The average Bonchev–Trinajstić information content (AvgIpc) is 3.12. The third-order valence-corrected chi connectivity index (χ3v) is 4.25. The predicted octanol–water partition coefficient (Wildman–Crippen LogP) is 2.86. The second kappa shape index (κ2) is 8.10. The molecule has 1 atom stereocenters. The van der Waals surface area contributed by atoms with Gasteiger partial charge in [0.05, 0.1) is 6.10 Å². The summed E-state index contributed by atoms with van der Waals surface area (Å²) < 4.78 is 5.50. The molecule has 0 bridgehead atoms. The first-order valence-corrected chi connectivity index (χ1v) is 8.77. The molecule has 26 heavy (non-hydrogen) atoms. The molecule has 2 N–H and O–H groups in total. The maximum atomic E-state index is 12.5. The van der Waals surface area contributed by atoms with Crippen LogP contribution in [0.5, 0.6) is 0 Å². The van der Waals surface area contributed by atoms with E-state index >= 15 is 0 Å². The van der Waals surface area contributed by atoms with Gasteiger partial charge in [0.1, 0.15) is 5.69 Å². The Bertz CT molecular complexity index is 793. The number of hydrogen-bond donors (Lipinski definition) is 2. The number of pyridine rings is 1. The topological polar surface area (TPSA) is 80.3 Å². The monoisotopic (exact) mass is 353 g/mol. The van der Waals surface area contributed by atoms with Gasteiger partial charge in [0, 0.05) is 30.6 Å². The molecular weight excluding hydrogens is 330 g/mol. The molecule has 1 aliphatic heterocycles. The molecule has 0 spiro atoms. The molecule has 1 unspecified atom stereocenters. The molecule has 0 radical (unpaired) electrons. The van der Waals surface area contributed by atoms with E-state index in [1.54, 1.807) is 6.07 Å². The van der Waals surface area contributed by atoms with Crippen LogP contribution in [0.15, 0.2) is 36.5 Å². The fourth-order valence-electron chi connectivity index (χ4n) is 3.05. The van der Waals surface area contributed by atoms with Crippen LogP contribution >= 0.6 is 0 Å². The molecule has 0 aliphatic carbocycles. The number of carbonyl (C=O) groups is 2. The molecule has 136 valence electrons. The van der Waals surface area contributed by atoms with Crippen molar-refractivity contribution in [3.8, 4) is 0 Å². The SMILES string of the molecule is Cc1cc(C)cc(NC(=O)c2cc(C(=O)NCC3CCCO3)ccn2)c1. The smallest absolute Gasteiger partial charge is 0.274 e. The van der Waals surface area contributed by atoms with E-state index in [-0.39, 0.29) is 23.6 Å². The first kappa shape index (κ1) is 18.1. The minimum Gasteiger partial charge on any atom is -0.376 e. The number of carbonyl (C=O) groups excluding carboxylic acids is 2. The van der Waals surface area contributed by atoms with Crippen LogP contribution in [0.1, 0.15) is 44.8 Å². The molecule has 1 aromatic heterocycles. The van der Waals surface area contributed by atoms with Gasteiger partial charge in [-0.05, 0) is 62.1 Å². The molecule has 3 rings (SSSR count). The fraction of sp³-hybridized carbons (Fsp3) is 0.350. The maximum Gasteiger partial charge on any atom is 0.274 e. The summed E-state index contributed by atoms with van der Waals surface area (Å²) in [5.41, 5.74) is 3.45. The fourth-order valence-corrected chi connectivity index (χ4v) is 3.05. The number of hydrogen-bond acceptors (Lipinski definition) is 4. The number of ether oxygens (including phenoxy) is 1. The molecule has 1 aliphatic rings. The van der Waals surface area contributed by atoms with Crippen molar-refractivity contribution in [2.75, 3.05) is 18.5 Å². The molecule has 6 heteroatoms. The van der Waals surface area contributed by atoms with E-state index in [1.807, 2.05) is 32.0 Å². The summed E-state index contributed by atoms with van der Waals surface area (Å²) in [6, 6.07) is 8.92. The third-order valence-electron chi connectivity index (χ3n) is 4.25. The standard InChI is InChI=1S/C20H23N3O3/c1-13-8-14(2)10-16(9-13)23-20(25)18-11-15(5-6-21-18)19(24)22-12-17-4-3-7-26-17/h5-6,8-11,17H,3-4,7,12H2,1-2H3,(H,22,24)(H,23,25). The molecule has 1 aromatic carbocycles. The largest absolute Gasteiger partial charge is 0.376 e. The summed E-state index contributed by atoms with van der Waals surface area (Å²) in [6.45, 7) is 5.17. The van der Waals surface area contributed by atoms with Crippen molar-refractivity contribution in [3.05, 3.63) is 58.9 Å². The second-order valence-electron chi connectivity index (χ2n) is 6.61. The van der Waals surface area contributed by atoms with E-state index in [0.717, 1.165) is 30.6 Å². The first-order chi connectivity index (χ1) is 12.5. The number of aryl methyl sites for hydroxylation is 2. The van der Waals surface area contributed by atoms with Crippen molar-refractivity contribution in [2.45, 2.75) is 32.8 Å². The van der Waals surface area contributed by atoms with Crippen LogP contribution in [0, 0.1) is 13.8 Å². The Morgan fingerprint density at radius 2 is 1.92 bits per heavy atom. The summed E-state index contributed by atoms with van der Waals surface area (Å²) in [7, 11) is 0. The highest BCUT2D eigenvalue weighted by Crippen LogP contribution is 2.15. The van der Waals surface area contributed by atoms with Gasteiger partial charge in [0.25, 0.3) is 11.8 Å². The van der Waals surface area contributed by atoms with Crippen molar-refractivity contribution in [1.29, 1.82) is 0 Å².